The molecule has 3 heterocycles. The topological polar surface area (TPSA) is 98.5 Å². The molecule has 3 aromatic carbocycles. The molecule has 45 heavy (non-hydrogen) atoms. The number of aliphatic hydroxyl groups excluding tert-OH is 1. The number of rotatable bonds is 7. The number of hydrogen-bond acceptors (Lipinski definition) is 5. The van der Waals surface area contributed by atoms with Crippen molar-refractivity contribution in [3.8, 4) is 28.4 Å². The Bertz CT molecular complexity index is 1990. The van der Waals surface area contributed by atoms with Gasteiger partial charge in [0.1, 0.15) is 22.9 Å². The fourth-order valence-electron chi connectivity index (χ4n) is 7.56. The second-order valence-electron chi connectivity index (χ2n) is 12.9. The molecule has 2 saturated carbocycles. The zero-order chi connectivity index (χ0) is 31.1. The van der Waals surface area contributed by atoms with Crippen LogP contribution in [0.15, 0.2) is 48.5 Å². The summed E-state index contributed by atoms with van der Waals surface area (Å²) in [5.41, 5.74) is 11.0. The molecule has 2 aliphatic carbocycles. The third-order valence-corrected chi connectivity index (χ3v) is 10.2. The Morgan fingerprint density at radius 3 is 2.47 bits per heavy atom. The number of aliphatic hydroxyl groups is 1. The summed E-state index contributed by atoms with van der Waals surface area (Å²) >= 11 is 0. The zero-order valence-electron chi connectivity index (χ0n) is 25.3. The van der Waals surface area contributed by atoms with E-state index in [2.05, 4.69) is 10.6 Å². The quantitative estimate of drug-likeness (QED) is 0.249. The van der Waals surface area contributed by atoms with Gasteiger partial charge in [-0.3, -0.25) is 4.79 Å². The van der Waals surface area contributed by atoms with Gasteiger partial charge in [0, 0.05) is 54.3 Å². The monoisotopic (exact) mass is 611 g/mol. The molecule has 8 rings (SSSR count). The van der Waals surface area contributed by atoms with Gasteiger partial charge >= 0.3 is 0 Å². The Labute approximate surface area is 259 Å². The van der Waals surface area contributed by atoms with E-state index in [0.717, 1.165) is 60.2 Å². The summed E-state index contributed by atoms with van der Waals surface area (Å²) in [6, 6.07) is 14.2. The van der Waals surface area contributed by atoms with Crippen LogP contribution in [-0.4, -0.2) is 55.8 Å². The molecule has 232 valence electrons. The number of piperidine rings is 1. The van der Waals surface area contributed by atoms with Crippen LogP contribution in [0, 0.1) is 23.5 Å². The highest BCUT2D eigenvalue weighted by Gasteiger charge is 2.47. The van der Waals surface area contributed by atoms with Gasteiger partial charge in [-0.2, -0.15) is 0 Å². The lowest BCUT2D eigenvalue weighted by atomic mass is 10.0. The Kier molecular flexibility index (Phi) is 6.51. The molecule has 5 aromatic rings. The smallest absolute Gasteiger partial charge is 0.254 e. The van der Waals surface area contributed by atoms with Crippen LogP contribution in [0.4, 0.5) is 8.78 Å². The Balaban J connectivity index is 1.24. The van der Waals surface area contributed by atoms with Gasteiger partial charge in [-0.05, 0) is 85.0 Å². The van der Waals surface area contributed by atoms with E-state index < -0.39 is 18.2 Å². The van der Waals surface area contributed by atoms with Crippen LogP contribution < -0.4 is 10.5 Å². The van der Waals surface area contributed by atoms with Crippen molar-refractivity contribution in [2.45, 2.75) is 50.9 Å². The fourth-order valence-corrected chi connectivity index (χ4v) is 7.56. The first-order chi connectivity index (χ1) is 21.7. The Hall–Kier alpha value is -4.28. The van der Waals surface area contributed by atoms with Gasteiger partial charge < -0.3 is 29.6 Å². The molecule has 3 fully saturated rings. The fraction of sp³-hybridized carbons (Fsp3) is 0.371. The largest absolute Gasteiger partial charge is 0.494 e. The number of methoxy groups -OCH3 is 1. The standard InChI is InChI=1S/C35H35F2N5O3/c1-40-33-27(11-23(14-31(33)45-2)35(44)42-16-21-7-8-28(42)32(21)38)39-34(40)30-13-20-6-5-19(12-29(20)41(30)15-18-3-4-18)22-9-25(36)24(17-43)26(37)10-22/h5-6,9-14,18,21,28,32,43H,3-4,7-8,15-17,38H2,1-2H3. The number of likely N-dealkylation sites (tertiary alicyclic amines) is 1. The van der Waals surface area contributed by atoms with Crippen LogP contribution in [-0.2, 0) is 20.2 Å². The van der Waals surface area contributed by atoms with Crippen LogP contribution in [0.2, 0.25) is 0 Å². The van der Waals surface area contributed by atoms with Crippen molar-refractivity contribution in [3.63, 3.8) is 0 Å². The number of fused-ring (bicyclic) bond motifs is 4. The summed E-state index contributed by atoms with van der Waals surface area (Å²) in [6.07, 6.45) is 4.29. The van der Waals surface area contributed by atoms with Gasteiger partial charge in [0.05, 0.1) is 24.9 Å². The third-order valence-electron chi connectivity index (χ3n) is 10.2. The molecule has 1 saturated heterocycles. The number of imidazole rings is 1. The van der Waals surface area contributed by atoms with Crippen molar-refractivity contribution in [3.05, 3.63) is 71.3 Å². The van der Waals surface area contributed by atoms with Crippen molar-refractivity contribution < 1.29 is 23.4 Å². The molecular weight excluding hydrogens is 576 g/mol. The van der Waals surface area contributed by atoms with E-state index in [1.165, 1.54) is 12.1 Å². The number of carbonyl (C=O) groups excluding carboxylic acids is 1. The Morgan fingerprint density at radius 1 is 1.04 bits per heavy atom. The highest BCUT2D eigenvalue weighted by molar-refractivity contribution is 6.00. The predicted molar refractivity (Wildman–Crippen MR) is 168 cm³/mol. The van der Waals surface area contributed by atoms with E-state index in [0.29, 0.717) is 46.3 Å². The maximum absolute atomic E-state index is 14.6. The summed E-state index contributed by atoms with van der Waals surface area (Å²) in [7, 11) is 3.56. The third kappa shape index (κ3) is 4.45. The Morgan fingerprint density at radius 2 is 1.82 bits per heavy atom. The number of aromatic nitrogens is 3. The van der Waals surface area contributed by atoms with Crippen molar-refractivity contribution in [1.82, 2.24) is 19.0 Å². The molecule has 0 spiro atoms. The summed E-state index contributed by atoms with van der Waals surface area (Å²) in [6.45, 7) is 0.777. The number of carbonyl (C=O) groups is 1. The number of amides is 1. The molecule has 3 aliphatic rings. The predicted octanol–water partition coefficient (Wildman–Crippen LogP) is 5.61. The number of halogens is 2. The number of aryl methyl sites for hydroxylation is 1. The minimum Gasteiger partial charge on any atom is -0.494 e. The second kappa shape index (κ2) is 10.4. The van der Waals surface area contributed by atoms with Gasteiger partial charge in [0.2, 0.25) is 0 Å². The van der Waals surface area contributed by atoms with Crippen molar-refractivity contribution >= 4 is 27.8 Å². The highest BCUT2D eigenvalue weighted by atomic mass is 19.1. The van der Waals surface area contributed by atoms with Crippen LogP contribution >= 0.6 is 0 Å². The molecule has 3 atom stereocenters. The number of nitrogens with zero attached hydrogens (tertiary/aromatic N) is 4. The summed E-state index contributed by atoms with van der Waals surface area (Å²) < 4.78 is 39.2. The van der Waals surface area contributed by atoms with E-state index in [9.17, 15) is 18.7 Å². The van der Waals surface area contributed by atoms with Crippen LogP contribution in [0.1, 0.15) is 41.6 Å². The average molecular weight is 612 g/mol. The summed E-state index contributed by atoms with van der Waals surface area (Å²) in [5.74, 6) is 0.628. The van der Waals surface area contributed by atoms with Crippen molar-refractivity contribution in [2.24, 2.45) is 24.6 Å². The van der Waals surface area contributed by atoms with Gasteiger partial charge in [-0.25, -0.2) is 13.8 Å². The molecular formula is C35H35F2N5O3. The van der Waals surface area contributed by atoms with Gasteiger partial charge in [-0.15, -0.1) is 0 Å². The van der Waals surface area contributed by atoms with E-state index in [1.54, 1.807) is 13.2 Å². The highest BCUT2D eigenvalue weighted by Crippen LogP contribution is 2.41. The molecule has 2 bridgehead atoms. The van der Waals surface area contributed by atoms with E-state index in [-0.39, 0.29) is 23.6 Å². The number of nitrogens with two attached hydrogens (primary N) is 1. The molecule has 3 unspecified atom stereocenters. The first-order valence-corrected chi connectivity index (χ1v) is 15.6. The van der Waals surface area contributed by atoms with Crippen molar-refractivity contribution in [2.75, 3.05) is 13.7 Å². The molecule has 1 amide bonds. The van der Waals surface area contributed by atoms with Crippen molar-refractivity contribution in [1.29, 1.82) is 0 Å². The van der Waals surface area contributed by atoms with E-state index in [4.69, 9.17) is 15.5 Å². The maximum Gasteiger partial charge on any atom is 0.254 e. The molecule has 10 heteroatoms. The van der Waals surface area contributed by atoms with Gasteiger partial charge in [0.15, 0.2) is 5.82 Å². The van der Waals surface area contributed by atoms with E-state index >= 15 is 0 Å². The van der Waals surface area contributed by atoms with Gasteiger partial charge in [-0.1, -0.05) is 12.1 Å². The lowest BCUT2D eigenvalue weighted by Gasteiger charge is -2.27. The molecule has 0 radical (unpaired) electrons. The number of ether oxygens (including phenoxy) is 1. The molecule has 1 aliphatic heterocycles. The molecule has 8 nitrogen and oxygen atoms in total. The zero-order valence-corrected chi connectivity index (χ0v) is 25.3. The van der Waals surface area contributed by atoms with Gasteiger partial charge in [0.25, 0.3) is 5.91 Å². The summed E-state index contributed by atoms with van der Waals surface area (Å²) in [4.78, 5) is 20.7. The first-order valence-electron chi connectivity index (χ1n) is 15.6. The minimum atomic E-state index is -0.770. The normalized spacial score (nSPS) is 21.0. The summed E-state index contributed by atoms with van der Waals surface area (Å²) in [5, 5.41) is 10.3. The van der Waals surface area contributed by atoms with Crippen LogP contribution in [0.3, 0.4) is 0 Å². The maximum atomic E-state index is 14.6. The molecule has 3 N–H and O–H groups in total. The minimum absolute atomic E-state index is 0.0351. The first kappa shape index (κ1) is 28.2. The average Bonchev–Trinajstić information content (AvgIpc) is 3.44. The SMILES string of the molecule is COc1cc(C(=O)N2CC3CCC2C3N)cc2nc(-c3cc4ccc(-c5cc(F)c(CO)c(F)c5)cc4n3CC3CC3)n(C)c12. The lowest BCUT2D eigenvalue weighted by Crippen LogP contribution is -2.41. The van der Waals surface area contributed by atoms with Crippen LogP contribution in [0.25, 0.3) is 44.6 Å². The van der Waals surface area contributed by atoms with E-state index in [1.807, 2.05) is 40.8 Å². The number of benzene rings is 3. The second-order valence-corrected chi connectivity index (χ2v) is 12.9. The van der Waals surface area contributed by atoms with Crippen LogP contribution in [0.5, 0.6) is 5.75 Å². The molecule has 2 aromatic heterocycles. The lowest BCUT2D eigenvalue weighted by molar-refractivity contribution is 0.0700. The number of hydrogen-bond donors (Lipinski definition) is 2.